The number of carbonyl (C=O) groups is 1. The summed E-state index contributed by atoms with van der Waals surface area (Å²) in [7, 11) is 0. The van der Waals surface area contributed by atoms with Crippen molar-refractivity contribution < 1.29 is 9.53 Å². The maximum atomic E-state index is 11.4. The number of aldehydes is 1. The second-order valence-electron chi connectivity index (χ2n) is 4.14. The smallest absolute Gasteiger partial charge is 0.132 e. The molecule has 1 aliphatic rings. The highest BCUT2D eigenvalue weighted by atomic mass is 16.5. The monoisotopic (exact) mass is 224 g/mol. The minimum atomic E-state index is -0.218. The van der Waals surface area contributed by atoms with Crippen LogP contribution in [0.25, 0.3) is 0 Å². The summed E-state index contributed by atoms with van der Waals surface area (Å²) >= 11 is 0. The molecule has 0 N–H and O–H groups in total. The first-order valence-electron chi connectivity index (χ1n) is 5.65. The van der Waals surface area contributed by atoms with Gasteiger partial charge >= 0.3 is 0 Å². The highest BCUT2D eigenvalue weighted by Gasteiger charge is 2.23. The normalized spacial score (nSPS) is 17.3. The molecule has 3 rings (SSSR count). The largest absolute Gasteiger partial charge is 0.489 e. The molecule has 17 heavy (non-hydrogen) atoms. The van der Waals surface area contributed by atoms with Gasteiger partial charge in [0.15, 0.2) is 0 Å². The van der Waals surface area contributed by atoms with Crippen molar-refractivity contribution in [1.29, 1.82) is 0 Å². The third-order valence-corrected chi connectivity index (χ3v) is 3.16. The molecule has 1 heterocycles. The highest BCUT2D eigenvalue weighted by molar-refractivity contribution is 5.71. The summed E-state index contributed by atoms with van der Waals surface area (Å²) in [6, 6.07) is 15.7. The second kappa shape index (κ2) is 4.06. The van der Waals surface area contributed by atoms with E-state index in [2.05, 4.69) is 0 Å². The zero-order chi connectivity index (χ0) is 11.7. The zero-order valence-corrected chi connectivity index (χ0v) is 9.30. The van der Waals surface area contributed by atoms with Crippen molar-refractivity contribution >= 4 is 6.29 Å². The van der Waals surface area contributed by atoms with Crippen LogP contribution in [0.4, 0.5) is 0 Å². The number of carbonyl (C=O) groups excluding carboxylic acids is 1. The molecule has 0 saturated carbocycles. The zero-order valence-electron chi connectivity index (χ0n) is 9.30. The molecule has 1 atom stereocenters. The van der Waals surface area contributed by atoms with Crippen molar-refractivity contribution in [2.75, 3.05) is 0 Å². The predicted molar refractivity (Wildman–Crippen MR) is 65.1 cm³/mol. The molecule has 0 aromatic heterocycles. The summed E-state index contributed by atoms with van der Waals surface area (Å²) in [6.45, 7) is 0.525. The number of ether oxygens (including phenoxy) is 1. The Hall–Kier alpha value is -2.09. The van der Waals surface area contributed by atoms with Gasteiger partial charge < -0.3 is 9.53 Å². The Balaban J connectivity index is 2.22. The molecular weight excluding hydrogens is 212 g/mol. The Morgan fingerprint density at radius 2 is 1.71 bits per heavy atom. The summed E-state index contributed by atoms with van der Waals surface area (Å²) in [5.41, 5.74) is 3.08. The van der Waals surface area contributed by atoms with E-state index in [1.807, 2.05) is 48.5 Å². The Morgan fingerprint density at radius 3 is 2.53 bits per heavy atom. The fourth-order valence-corrected chi connectivity index (χ4v) is 2.31. The topological polar surface area (TPSA) is 26.3 Å². The fraction of sp³-hybridized carbons (Fsp3) is 0.133. The van der Waals surface area contributed by atoms with Crippen molar-refractivity contribution in [2.24, 2.45) is 0 Å². The van der Waals surface area contributed by atoms with Crippen LogP contribution in [0, 0.1) is 0 Å². The lowest BCUT2D eigenvalue weighted by Gasteiger charge is -2.11. The lowest BCUT2D eigenvalue weighted by Crippen LogP contribution is -2.03. The molecule has 2 heteroatoms. The van der Waals surface area contributed by atoms with Crippen LogP contribution in [0.2, 0.25) is 0 Å². The van der Waals surface area contributed by atoms with Gasteiger partial charge in [0, 0.05) is 5.56 Å². The molecule has 0 saturated heterocycles. The van der Waals surface area contributed by atoms with Gasteiger partial charge in [0.1, 0.15) is 18.6 Å². The Kier molecular flexibility index (Phi) is 2.41. The van der Waals surface area contributed by atoms with Crippen molar-refractivity contribution in [3.63, 3.8) is 0 Å². The van der Waals surface area contributed by atoms with E-state index < -0.39 is 0 Å². The van der Waals surface area contributed by atoms with Gasteiger partial charge in [-0.15, -0.1) is 0 Å². The Labute approximate surface area is 99.9 Å². The van der Waals surface area contributed by atoms with E-state index in [4.69, 9.17) is 4.74 Å². The van der Waals surface area contributed by atoms with Gasteiger partial charge in [-0.05, 0) is 17.2 Å². The van der Waals surface area contributed by atoms with E-state index in [0.29, 0.717) is 6.61 Å². The number of benzene rings is 2. The van der Waals surface area contributed by atoms with E-state index in [1.165, 1.54) is 0 Å². The van der Waals surface area contributed by atoms with Crippen LogP contribution >= 0.6 is 0 Å². The van der Waals surface area contributed by atoms with Crippen LogP contribution in [-0.4, -0.2) is 6.29 Å². The molecular formula is C15H12O2. The van der Waals surface area contributed by atoms with Gasteiger partial charge in [-0.2, -0.15) is 0 Å². The first-order valence-corrected chi connectivity index (χ1v) is 5.65. The quantitative estimate of drug-likeness (QED) is 0.696. The number of para-hydroxylation sites is 1. The van der Waals surface area contributed by atoms with Crippen molar-refractivity contribution in [3.8, 4) is 5.75 Å². The first kappa shape index (κ1) is 10.1. The lowest BCUT2D eigenvalue weighted by molar-refractivity contribution is -0.108. The molecule has 0 unspecified atom stereocenters. The Morgan fingerprint density at radius 1 is 1.00 bits per heavy atom. The highest BCUT2D eigenvalue weighted by Crippen LogP contribution is 2.35. The number of hydrogen-bond acceptors (Lipinski definition) is 2. The third kappa shape index (κ3) is 1.62. The molecule has 0 bridgehead atoms. The summed E-state index contributed by atoms with van der Waals surface area (Å²) in [4.78, 5) is 11.4. The van der Waals surface area contributed by atoms with E-state index >= 15 is 0 Å². The lowest BCUT2D eigenvalue weighted by atomic mass is 9.90. The average Bonchev–Trinajstić information content (AvgIpc) is 2.55. The predicted octanol–water partition coefficient (Wildman–Crippen LogP) is 2.91. The van der Waals surface area contributed by atoms with Gasteiger partial charge in [-0.3, -0.25) is 0 Å². The van der Waals surface area contributed by atoms with E-state index in [0.717, 1.165) is 28.7 Å². The van der Waals surface area contributed by atoms with Crippen LogP contribution in [-0.2, 0) is 11.4 Å². The van der Waals surface area contributed by atoms with Gasteiger partial charge in [0.2, 0.25) is 0 Å². The molecule has 0 spiro atoms. The van der Waals surface area contributed by atoms with Gasteiger partial charge in [-0.1, -0.05) is 42.5 Å². The van der Waals surface area contributed by atoms with E-state index in [1.54, 1.807) is 0 Å². The molecule has 0 aliphatic carbocycles. The average molecular weight is 224 g/mol. The molecule has 0 fully saturated rings. The van der Waals surface area contributed by atoms with E-state index in [9.17, 15) is 4.79 Å². The van der Waals surface area contributed by atoms with Crippen LogP contribution in [0.3, 0.4) is 0 Å². The summed E-state index contributed by atoms with van der Waals surface area (Å²) in [5.74, 6) is 0.589. The third-order valence-electron chi connectivity index (χ3n) is 3.16. The molecule has 2 aromatic carbocycles. The maximum absolute atomic E-state index is 11.4. The summed E-state index contributed by atoms with van der Waals surface area (Å²) < 4.78 is 5.75. The molecule has 0 radical (unpaired) electrons. The van der Waals surface area contributed by atoms with Crippen molar-refractivity contribution in [1.82, 2.24) is 0 Å². The van der Waals surface area contributed by atoms with Gasteiger partial charge in [-0.25, -0.2) is 0 Å². The molecule has 84 valence electrons. The minimum absolute atomic E-state index is 0.218. The molecule has 2 nitrogen and oxygen atoms in total. The maximum Gasteiger partial charge on any atom is 0.132 e. The van der Waals surface area contributed by atoms with Crippen molar-refractivity contribution in [2.45, 2.75) is 12.5 Å². The molecule has 0 amide bonds. The van der Waals surface area contributed by atoms with Crippen LogP contribution in [0.5, 0.6) is 5.75 Å². The summed E-state index contributed by atoms with van der Waals surface area (Å²) in [5, 5.41) is 0. The SMILES string of the molecule is O=C[C@@H]1c2ccccc2COc2ccccc21. The second-order valence-corrected chi connectivity index (χ2v) is 4.14. The van der Waals surface area contributed by atoms with Gasteiger partial charge in [0.25, 0.3) is 0 Å². The van der Waals surface area contributed by atoms with Crippen LogP contribution in [0.15, 0.2) is 48.5 Å². The molecule has 2 aromatic rings. The van der Waals surface area contributed by atoms with Crippen LogP contribution < -0.4 is 4.74 Å². The fourth-order valence-electron chi connectivity index (χ4n) is 2.31. The van der Waals surface area contributed by atoms with Crippen LogP contribution in [0.1, 0.15) is 22.6 Å². The van der Waals surface area contributed by atoms with E-state index in [-0.39, 0.29) is 5.92 Å². The molecule has 1 aliphatic heterocycles. The number of hydrogen-bond donors (Lipinski definition) is 0. The van der Waals surface area contributed by atoms with Crippen molar-refractivity contribution in [3.05, 3.63) is 65.2 Å². The minimum Gasteiger partial charge on any atom is -0.489 e. The first-order chi connectivity index (χ1) is 8.40. The standard InChI is InChI=1S/C15H12O2/c16-9-14-12-6-2-1-5-11(12)10-17-15-8-4-3-7-13(14)15/h1-9,14H,10H2/t14-/m1/s1. The number of fused-ring (bicyclic) bond motifs is 2. The number of rotatable bonds is 1. The van der Waals surface area contributed by atoms with Gasteiger partial charge in [0.05, 0.1) is 5.92 Å². The Bertz CT molecular complexity index is 513. The summed E-state index contributed by atoms with van der Waals surface area (Å²) in [6.07, 6.45) is 0.992.